The Kier molecular flexibility index (Phi) is 5.90. The van der Waals surface area contributed by atoms with Crippen LogP contribution in [0.15, 0.2) is 77.4 Å². The van der Waals surface area contributed by atoms with Gasteiger partial charge in [0.15, 0.2) is 0 Å². The van der Waals surface area contributed by atoms with E-state index < -0.39 is 5.97 Å². The van der Waals surface area contributed by atoms with Gasteiger partial charge in [-0.05, 0) is 46.5 Å². The summed E-state index contributed by atoms with van der Waals surface area (Å²) in [7, 11) is 0. The number of aryl methyl sites for hydroxylation is 1. The van der Waals surface area contributed by atoms with E-state index in [9.17, 15) is 4.79 Å². The SMILES string of the molecule is O=C(O)CCc1ccc2cc(OCc3coc(/C=C/c4ccccc4)n3)ccc2c1. The Morgan fingerprint density at radius 1 is 1.00 bits per heavy atom. The predicted molar refractivity (Wildman–Crippen MR) is 116 cm³/mol. The average Bonchev–Trinajstić information content (AvgIpc) is 3.23. The smallest absolute Gasteiger partial charge is 0.303 e. The van der Waals surface area contributed by atoms with Crippen molar-refractivity contribution < 1.29 is 19.1 Å². The van der Waals surface area contributed by atoms with E-state index in [0.29, 0.717) is 24.6 Å². The molecule has 1 heterocycles. The molecule has 0 aliphatic heterocycles. The maximum atomic E-state index is 10.7. The summed E-state index contributed by atoms with van der Waals surface area (Å²) in [5.74, 6) is 0.487. The van der Waals surface area contributed by atoms with E-state index in [4.69, 9.17) is 14.3 Å². The molecule has 0 fully saturated rings. The van der Waals surface area contributed by atoms with Crippen LogP contribution in [-0.4, -0.2) is 16.1 Å². The Hall–Kier alpha value is -3.86. The number of carbonyl (C=O) groups is 1. The number of carboxylic acid groups (broad SMARTS) is 1. The third-order valence-electron chi connectivity index (χ3n) is 4.68. The quantitative estimate of drug-likeness (QED) is 0.418. The Balaban J connectivity index is 1.37. The number of fused-ring (bicyclic) bond motifs is 1. The van der Waals surface area contributed by atoms with Gasteiger partial charge in [-0.3, -0.25) is 4.79 Å². The monoisotopic (exact) mass is 399 g/mol. The fourth-order valence-electron chi connectivity index (χ4n) is 3.12. The van der Waals surface area contributed by atoms with Crippen LogP contribution in [0.1, 0.15) is 29.1 Å². The van der Waals surface area contributed by atoms with E-state index >= 15 is 0 Å². The first-order valence-electron chi connectivity index (χ1n) is 9.70. The molecule has 0 spiro atoms. The minimum atomic E-state index is -0.787. The number of aliphatic carboxylic acids is 1. The van der Waals surface area contributed by atoms with Crippen LogP contribution in [0.3, 0.4) is 0 Å². The normalized spacial score (nSPS) is 11.2. The molecule has 5 nitrogen and oxygen atoms in total. The molecule has 0 aliphatic carbocycles. The van der Waals surface area contributed by atoms with Gasteiger partial charge < -0.3 is 14.3 Å². The van der Waals surface area contributed by atoms with Crippen LogP contribution in [-0.2, 0) is 17.8 Å². The number of nitrogens with zero attached hydrogens (tertiary/aromatic N) is 1. The molecule has 1 N–H and O–H groups in total. The largest absolute Gasteiger partial charge is 0.487 e. The van der Waals surface area contributed by atoms with Crippen LogP contribution >= 0.6 is 0 Å². The standard InChI is InChI=1S/C25H21NO4/c27-25(28)13-8-19-6-9-21-15-23(11-10-20(21)14-19)29-16-22-17-30-24(26-22)12-7-18-4-2-1-3-5-18/h1-7,9-12,14-15,17H,8,13,16H2,(H,27,28)/b12-7+. The summed E-state index contributed by atoms with van der Waals surface area (Å²) in [4.78, 5) is 15.2. The molecule has 0 saturated carbocycles. The van der Waals surface area contributed by atoms with Crippen LogP contribution in [0.25, 0.3) is 22.9 Å². The Morgan fingerprint density at radius 2 is 1.80 bits per heavy atom. The molecule has 0 amide bonds. The van der Waals surface area contributed by atoms with Crippen LogP contribution in [0.2, 0.25) is 0 Å². The lowest BCUT2D eigenvalue weighted by molar-refractivity contribution is -0.136. The minimum Gasteiger partial charge on any atom is -0.487 e. The van der Waals surface area contributed by atoms with Crippen LogP contribution in [0, 0.1) is 0 Å². The van der Waals surface area contributed by atoms with Crippen molar-refractivity contribution >= 4 is 28.9 Å². The number of aromatic nitrogens is 1. The highest BCUT2D eigenvalue weighted by atomic mass is 16.5. The molecule has 0 aliphatic rings. The minimum absolute atomic E-state index is 0.132. The molecule has 5 heteroatoms. The molecule has 0 radical (unpaired) electrons. The van der Waals surface area contributed by atoms with E-state index in [-0.39, 0.29) is 6.42 Å². The molecular formula is C25H21NO4. The van der Waals surface area contributed by atoms with Crippen LogP contribution < -0.4 is 4.74 Å². The third kappa shape index (κ3) is 5.14. The van der Waals surface area contributed by atoms with Crippen molar-refractivity contribution in [2.24, 2.45) is 0 Å². The molecule has 30 heavy (non-hydrogen) atoms. The van der Waals surface area contributed by atoms with E-state index in [1.165, 1.54) is 0 Å². The van der Waals surface area contributed by atoms with E-state index in [1.807, 2.05) is 78.9 Å². The lowest BCUT2D eigenvalue weighted by Crippen LogP contribution is -1.97. The Morgan fingerprint density at radius 3 is 2.63 bits per heavy atom. The van der Waals surface area contributed by atoms with Gasteiger partial charge >= 0.3 is 5.97 Å². The summed E-state index contributed by atoms with van der Waals surface area (Å²) in [5, 5.41) is 10.9. The second kappa shape index (κ2) is 9.09. The van der Waals surface area contributed by atoms with Crippen molar-refractivity contribution in [3.05, 3.63) is 95.7 Å². The number of hydrogen-bond acceptors (Lipinski definition) is 4. The number of benzene rings is 3. The topological polar surface area (TPSA) is 72.6 Å². The summed E-state index contributed by atoms with van der Waals surface area (Å²) in [5.41, 5.74) is 2.81. The number of carboxylic acids is 1. The maximum absolute atomic E-state index is 10.7. The summed E-state index contributed by atoms with van der Waals surface area (Å²) < 4.78 is 11.3. The second-order valence-electron chi connectivity index (χ2n) is 6.95. The van der Waals surface area contributed by atoms with Crippen molar-refractivity contribution in [2.45, 2.75) is 19.4 Å². The highest BCUT2D eigenvalue weighted by Crippen LogP contribution is 2.23. The van der Waals surface area contributed by atoms with Crippen molar-refractivity contribution in [2.75, 3.05) is 0 Å². The van der Waals surface area contributed by atoms with Gasteiger partial charge in [-0.2, -0.15) is 0 Å². The zero-order chi connectivity index (χ0) is 20.8. The Labute approximate surface area is 174 Å². The summed E-state index contributed by atoms with van der Waals surface area (Å²) >= 11 is 0. The van der Waals surface area contributed by atoms with Crippen LogP contribution in [0.5, 0.6) is 5.75 Å². The summed E-state index contributed by atoms with van der Waals surface area (Å²) in [6.07, 6.45) is 6.03. The van der Waals surface area contributed by atoms with E-state index in [1.54, 1.807) is 6.26 Å². The number of hydrogen-bond donors (Lipinski definition) is 1. The van der Waals surface area contributed by atoms with Gasteiger partial charge in [0.1, 0.15) is 24.3 Å². The van der Waals surface area contributed by atoms with Gasteiger partial charge in [-0.25, -0.2) is 4.98 Å². The molecule has 150 valence electrons. The molecule has 1 aromatic heterocycles. The van der Waals surface area contributed by atoms with Gasteiger partial charge in [-0.15, -0.1) is 0 Å². The van der Waals surface area contributed by atoms with Gasteiger partial charge in [-0.1, -0.05) is 54.6 Å². The lowest BCUT2D eigenvalue weighted by Gasteiger charge is -2.07. The summed E-state index contributed by atoms with van der Waals surface area (Å²) in [6, 6.07) is 21.8. The first-order chi connectivity index (χ1) is 14.7. The fourth-order valence-corrected chi connectivity index (χ4v) is 3.12. The highest BCUT2D eigenvalue weighted by Gasteiger charge is 2.05. The van der Waals surface area contributed by atoms with E-state index in [0.717, 1.165) is 27.6 Å². The Bertz CT molecular complexity index is 1180. The highest BCUT2D eigenvalue weighted by molar-refractivity contribution is 5.84. The summed E-state index contributed by atoms with van der Waals surface area (Å²) in [6.45, 7) is 0.310. The van der Waals surface area contributed by atoms with Gasteiger partial charge in [0.05, 0.1) is 0 Å². The number of rotatable bonds is 8. The van der Waals surface area contributed by atoms with Gasteiger partial charge in [0.2, 0.25) is 5.89 Å². The van der Waals surface area contributed by atoms with Crippen molar-refractivity contribution in [3.8, 4) is 5.75 Å². The zero-order valence-electron chi connectivity index (χ0n) is 16.3. The second-order valence-corrected chi connectivity index (χ2v) is 6.95. The lowest BCUT2D eigenvalue weighted by atomic mass is 10.0. The first kappa shape index (κ1) is 19.5. The predicted octanol–water partition coefficient (Wildman–Crippen LogP) is 5.59. The van der Waals surface area contributed by atoms with Crippen LogP contribution in [0.4, 0.5) is 0 Å². The molecule has 0 unspecified atom stereocenters. The number of ether oxygens (including phenoxy) is 1. The van der Waals surface area contributed by atoms with Gasteiger partial charge in [0.25, 0.3) is 0 Å². The average molecular weight is 399 g/mol. The maximum Gasteiger partial charge on any atom is 0.303 e. The van der Waals surface area contributed by atoms with E-state index in [2.05, 4.69) is 4.98 Å². The first-order valence-corrected chi connectivity index (χ1v) is 9.70. The molecule has 0 bridgehead atoms. The molecule has 4 rings (SSSR count). The fraction of sp³-hybridized carbons (Fsp3) is 0.120. The van der Waals surface area contributed by atoms with Crippen molar-refractivity contribution in [1.29, 1.82) is 0 Å². The van der Waals surface area contributed by atoms with Crippen molar-refractivity contribution in [3.63, 3.8) is 0 Å². The van der Waals surface area contributed by atoms with Crippen molar-refractivity contribution in [1.82, 2.24) is 4.98 Å². The number of oxazole rings is 1. The zero-order valence-corrected chi connectivity index (χ0v) is 16.3. The molecule has 3 aromatic carbocycles. The molecule has 0 atom stereocenters. The molecule has 0 saturated heterocycles. The third-order valence-corrected chi connectivity index (χ3v) is 4.68. The molecular weight excluding hydrogens is 378 g/mol. The molecule has 4 aromatic rings. The van der Waals surface area contributed by atoms with Gasteiger partial charge in [0, 0.05) is 12.5 Å².